The van der Waals surface area contributed by atoms with Gasteiger partial charge in [0.05, 0.1) is 17.2 Å². The number of fused-ring (bicyclic) bond motifs is 1. The van der Waals surface area contributed by atoms with Crippen molar-refractivity contribution in [2.24, 2.45) is 0 Å². The molecule has 1 N–H and O–H groups in total. The number of nitro benzene ring substituents is 1. The van der Waals surface area contributed by atoms with E-state index in [-0.39, 0.29) is 23.8 Å². The molecule has 0 bridgehead atoms. The van der Waals surface area contributed by atoms with Crippen LogP contribution < -0.4 is 15.0 Å². The summed E-state index contributed by atoms with van der Waals surface area (Å²) in [5.41, 5.74) is 2.06. The summed E-state index contributed by atoms with van der Waals surface area (Å²) in [6.45, 7) is 0.251. The Labute approximate surface area is 182 Å². The lowest BCUT2D eigenvalue weighted by Gasteiger charge is -2.30. The highest BCUT2D eigenvalue weighted by Crippen LogP contribution is 2.35. The van der Waals surface area contributed by atoms with Gasteiger partial charge in [-0.25, -0.2) is 0 Å². The molecule has 9 heteroatoms. The molecular weight excluding hydrogens is 422 g/mol. The van der Waals surface area contributed by atoms with Crippen LogP contribution in [0.4, 0.5) is 17.1 Å². The SMILES string of the molecule is O=C(Nc1ccc2c(c1)N(Cc1ccc(Cl)cc1)C(=O)CO2)c1ccc([N+](=O)[O-])cc1. The van der Waals surface area contributed by atoms with E-state index in [2.05, 4.69) is 5.32 Å². The van der Waals surface area contributed by atoms with Gasteiger partial charge in [-0.1, -0.05) is 23.7 Å². The number of halogens is 1. The summed E-state index contributed by atoms with van der Waals surface area (Å²) in [5.74, 6) is -0.106. The van der Waals surface area contributed by atoms with Crippen LogP contribution in [0.1, 0.15) is 15.9 Å². The number of anilines is 2. The Morgan fingerprint density at radius 2 is 1.81 bits per heavy atom. The molecule has 0 spiro atoms. The zero-order chi connectivity index (χ0) is 22.0. The maximum atomic E-state index is 12.5. The predicted molar refractivity (Wildman–Crippen MR) is 116 cm³/mol. The molecule has 0 saturated carbocycles. The third kappa shape index (κ3) is 4.49. The molecule has 2 amide bonds. The number of non-ortho nitro benzene ring substituents is 1. The van der Waals surface area contributed by atoms with Crippen LogP contribution in [0.5, 0.6) is 5.75 Å². The van der Waals surface area contributed by atoms with Gasteiger partial charge in [0.25, 0.3) is 17.5 Å². The number of rotatable bonds is 5. The Morgan fingerprint density at radius 1 is 1.10 bits per heavy atom. The number of carbonyl (C=O) groups is 2. The molecular formula is C22H16ClN3O5. The van der Waals surface area contributed by atoms with Crippen molar-refractivity contribution in [2.45, 2.75) is 6.54 Å². The van der Waals surface area contributed by atoms with Crippen LogP contribution in [0.3, 0.4) is 0 Å². The van der Waals surface area contributed by atoms with Crippen molar-refractivity contribution >= 4 is 40.5 Å². The van der Waals surface area contributed by atoms with Crippen LogP contribution in [0, 0.1) is 10.1 Å². The van der Waals surface area contributed by atoms with Gasteiger partial charge in [-0.05, 0) is 48.0 Å². The summed E-state index contributed by atoms with van der Waals surface area (Å²) in [5, 5.41) is 14.1. The van der Waals surface area contributed by atoms with E-state index in [1.54, 1.807) is 35.2 Å². The first kappa shape index (κ1) is 20.4. The van der Waals surface area contributed by atoms with Gasteiger partial charge in [0.15, 0.2) is 6.61 Å². The number of amides is 2. The van der Waals surface area contributed by atoms with Crippen LogP contribution >= 0.6 is 11.6 Å². The fourth-order valence-corrected chi connectivity index (χ4v) is 3.29. The highest BCUT2D eigenvalue weighted by molar-refractivity contribution is 6.30. The highest BCUT2D eigenvalue weighted by Gasteiger charge is 2.26. The second-order valence-corrected chi connectivity index (χ2v) is 7.27. The lowest BCUT2D eigenvalue weighted by Crippen LogP contribution is -2.38. The number of nitrogens with one attached hydrogen (secondary N) is 1. The monoisotopic (exact) mass is 437 g/mol. The molecule has 4 rings (SSSR count). The molecule has 31 heavy (non-hydrogen) atoms. The third-order valence-electron chi connectivity index (χ3n) is 4.75. The highest BCUT2D eigenvalue weighted by atomic mass is 35.5. The zero-order valence-electron chi connectivity index (χ0n) is 16.1. The number of ether oxygens (including phenoxy) is 1. The molecule has 0 aliphatic carbocycles. The average Bonchev–Trinajstić information content (AvgIpc) is 2.77. The molecule has 1 heterocycles. The van der Waals surface area contributed by atoms with Gasteiger partial charge >= 0.3 is 0 Å². The summed E-state index contributed by atoms with van der Waals surface area (Å²) in [6, 6.07) is 17.5. The molecule has 156 valence electrons. The van der Waals surface area contributed by atoms with Crippen molar-refractivity contribution in [3.05, 3.63) is 93.0 Å². The fraction of sp³-hybridized carbons (Fsp3) is 0.0909. The molecule has 0 unspecified atom stereocenters. The smallest absolute Gasteiger partial charge is 0.269 e. The van der Waals surface area contributed by atoms with E-state index in [0.29, 0.717) is 28.7 Å². The van der Waals surface area contributed by atoms with Gasteiger partial charge in [-0.15, -0.1) is 0 Å². The lowest BCUT2D eigenvalue weighted by atomic mass is 10.1. The maximum absolute atomic E-state index is 12.5. The van der Waals surface area contributed by atoms with Gasteiger partial charge in [-0.3, -0.25) is 19.7 Å². The second-order valence-electron chi connectivity index (χ2n) is 6.84. The minimum Gasteiger partial charge on any atom is -0.482 e. The molecule has 0 saturated heterocycles. The summed E-state index contributed by atoms with van der Waals surface area (Å²) in [7, 11) is 0. The Morgan fingerprint density at radius 3 is 2.48 bits per heavy atom. The molecule has 0 radical (unpaired) electrons. The van der Waals surface area contributed by atoms with Crippen LogP contribution in [0.2, 0.25) is 5.02 Å². The molecule has 3 aromatic carbocycles. The second kappa shape index (κ2) is 8.45. The van der Waals surface area contributed by atoms with Gasteiger partial charge in [0.2, 0.25) is 0 Å². The molecule has 1 aliphatic rings. The zero-order valence-corrected chi connectivity index (χ0v) is 16.8. The van der Waals surface area contributed by atoms with Crippen molar-refractivity contribution in [1.82, 2.24) is 0 Å². The van der Waals surface area contributed by atoms with Crippen LogP contribution in [0.25, 0.3) is 0 Å². The Hall–Kier alpha value is -3.91. The van der Waals surface area contributed by atoms with Crippen LogP contribution in [-0.2, 0) is 11.3 Å². The number of hydrogen-bond donors (Lipinski definition) is 1. The Balaban J connectivity index is 1.56. The van der Waals surface area contributed by atoms with Crippen molar-refractivity contribution in [2.75, 3.05) is 16.8 Å². The standard InChI is InChI=1S/C22H16ClN3O5/c23-16-5-1-14(2-6-16)12-25-19-11-17(7-10-20(19)31-13-21(25)27)24-22(28)15-3-8-18(9-4-15)26(29)30/h1-11H,12-13H2,(H,24,28). The summed E-state index contributed by atoms with van der Waals surface area (Å²) >= 11 is 5.93. The van der Waals surface area contributed by atoms with E-state index in [0.717, 1.165) is 5.56 Å². The first-order chi connectivity index (χ1) is 14.9. The number of hydrogen-bond acceptors (Lipinski definition) is 5. The summed E-state index contributed by atoms with van der Waals surface area (Å²) in [4.78, 5) is 36.9. The largest absolute Gasteiger partial charge is 0.482 e. The molecule has 0 fully saturated rings. The van der Waals surface area contributed by atoms with E-state index in [9.17, 15) is 19.7 Å². The topological polar surface area (TPSA) is 102 Å². The van der Waals surface area contributed by atoms with E-state index in [1.807, 2.05) is 12.1 Å². The number of nitro groups is 1. The van der Waals surface area contributed by atoms with Crippen molar-refractivity contribution in [3.8, 4) is 5.75 Å². The quantitative estimate of drug-likeness (QED) is 0.470. The molecule has 0 atom stereocenters. The van der Waals surface area contributed by atoms with Crippen molar-refractivity contribution in [3.63, 3.8) is 0 Å². The first-order valence-corrected chi connectivity index (χ1v) is 9.66. The number of nitrogens with zero attached hydrogens (tertiary/aromatic N) is 2. The fourth-order valence-electron chi connectivity index (χ4n) is 3.16. The molecule has 0 aromatic heterocycles. The third-order valence-corrected chi connectivity index (χ3v) is 5.01. The van der Waals surface area contributed by atoms with Crippen molar-refractivity contribution < 1.29 is 19.2 Å². The van der Waals surface area contributed by atoms with E-state index in [1.165, 1.54) is 24.3 Å². The summed E-state index contributed by atoms with van der Waals surface area (Å²) in [6.07, 6.45) is 0. The van der Waals surface area contributed by atoms with Gasteiger partial charge < -0.3 is 15.0 Å². The lowest BCUT2D eigenvalue weighted by molar-refractivity contribution is -0.384. The molecule has 8 nitrogen and oxygen atoms in total. The Bertz CT molecular complexity index is 1160. The molecule has 1 aliphatic heterocycles. The van der Waals surface area contributed by atoms with E-state index in [4.69, 9.17) is 16.3 Å². The Kier molecular flexibility index (Phi) is 5.55. The van der Waals surface area contributed by atoms with Gasteiger partial charge in [0, 0.05) is 28.4 Å². The minimum absolute atomic E-state index is 0.0743. The molecule has 3 aromatic rings. The van der Waals surface area contributed by atoms with E-state index >= 15 is 0 Å². The van der Waals surface area contributed by atoms with Gasteiger partial charge in [0.1, 0.15) is 5.75 Å². The number of carbonyl (C=O) groups excluding carboxylic acids is 2. The minimum atomic E-state index is -0.530. The normalized spacial score (nSPS) is 12.7. The van der Waals surface area contributed by atoms with Crippen LogP contribution in [-0.4, -0.2) is 23.3 Å². The van der Waals surface area contributed by atoms with Crippen LogP contribution in [0.15, 0.2) is 66.7 Å². The maximum Gasteiger partial charge on any atom is 0.269 e. The number of benzene rings is 3. The predicted octanol–water partition coefficient (Wildman–Crippen LogP) is 4.43. The summed E-state index contributed by atoms with van der Waals surface area (Å²) < 4.78 is 5.51. The van der Waals surface area contributed by atoms with E-state index < -0.39 is 10.8 Å². The van der Waals surface area contributed by atoms with Crippen molar-refractivity contribution in [1.29, 1.82) is 0 Å². The van der Waals surface area contributed by atoms with Gasteiger partial charge in [-0.2, -0.15) is 0 Å². The first-order valence-electron chi connectivity index (χ1n) is 9.28. The average molecular weight is 438 g/mol.